The molecule has 1 heterocycles. The summed E-state index contributed by atoms with van der Waals surface area (Å²) in [4.78, 5) is 14.7. The summed E-state index contributed by atoms with van der Waals surface area (Å²) in [5, 5.41) is 0. The zero-order chi connectivity index (χ0) is 16.8. The van der Waals surface area contributed by atoms with E-state index in [-0.39, 0.29) is 5.78 Å². The number of morpholine rings is 1. The Morgan fingerprint density at radius 1 is 1.12 bits per heavy atom. The van der Waals surface area contributed by atoms with Crippen molar-refractivity contribution in [3.05, 3.63) is 65.7 Å². The molecule has 0 aliphatic carbocycles. The minimum absolute atomic E-state index is 0.000859. The van der Waals surface area contributed by atoms with Crippen molar-refractivity contribution in [1.82, 2.24) is 0 Å². The van der Waals surface area contributed by atoms with Gasteiger partial charge in [-0.1, -0.05) is 30.3 Å². The van der Waals surface area contributed by atoms with Crippen molar-refractivity contribution in [3.63, 3.8) is 0 Å². The predicted molar refractivity (Wildman–Crippen MR) is 95.8 cm³/mol. The first-order chi connectivity index (χ1) is 11.8. The Bertz CT molecular complexity index is 716. The fraction of sp³-hybridized carbons (Fsp3) is 0.250. The molecule has 0 spiro atoms. The largest absolute Gasteiger partial charge is 0.497 e. The number of methoxy groups -OCH3 is 1. The second kappa shape index (κ2) is 7.79. The molecule has 124 valence electrons. The molecular weight excluding hydrogens is 302 g/mol. The Morgan fingerprint density at radius 2 is 1.88 bits per heavy atom. The summed E-state index contributed by atoms with van der Waals surface area (Å²) in [5.41, 5.74) is 2.74. The topological polar surface area (TPSA) is 38.8 Å². The highest BCUT2D eigenvalue weighted by atomic mass is 16.5. The van der Waals surface area contributed by atoms with Crippen molar-refractivity contribution in [2.24, 2.45) is 0 Å². The molecule has 0 amide bonds. The normalized spacial score (nSPS) is 14.8. The van der Waals surface area contributed by atoms with Crippen LogP contribution in [0.2, 0.25) is 0 Å². The molecule has 3 rings (SSSR count). The van der Waals surface area contributed by atoms with Gasteiger partial charge in [-0.15, -0.1) is 0 Å². The Hall–Kier alpha value is -2.59. The molecule has 4 nitrogen and oxygen atoms in total. The number of rotatable bonds is 5. The van der Waals surface area contributed by atoms with E-state index in [1.165, 1.54) is 0 Å². The summed E-state index contributed by atoms with van der Waals surface area (Å²) in [6.07, 6.45) is 3.43. The van der Waals surface area contributed by atoms with Gasteiger partial charge < -0.3 is 14.4 Å². The van der Waals surface area contributed by atoms with Crippen LogP contribution >= 0.6 is 0 Å². The van der Waals surface area contributed by atoms with E-state index in [1.54, 1.807) is 13.2 Å². The molecule has 0 bridgehead atoms. The predicted octanol–water partition coefficient (Wildman–Crippen LogP) is 3.43. The number of carbonyl (C=O) groups is 1. The number of ether oxygens (including phenoxy) is 2. The van der Waals surface area contributed by atoms with Gasteiger partial charge in [0.05, 0.1) is 20.3 Å². The summed E-state index contributed by atoms with van der Waals surface area (Å²) in [6, 6.07) is 15.4. The van der Waals surface area contributed by atoms with Crippen LogP contribution in [0.5, 0.6) is 5.75 Å². The third-order valence-electron chi connectivity index (χ3n) is 4.05. The second-order valence-corrected chi connectivity index (χ2v) is 5.62. The molecule has 0 radical (unpaired) electrons. The van der Waals surface area contributed by atoms with Crippen LogP contribution in [0.25, 0.3) is 6.08 Å². The molecule has 0 N–H and O–H groups in total. The molecule has 0 unspecified atom stereocenters. The number of anilines is 1. The van der Waals surface area contributed by atoms with E-state index >= 15 is 0 Å². The highest BCUT2D eigenvalue weighted by molar-refractivity contribution is 6.07. The molecule has 0 atom stereocenters. The molecule has 1 aliphatic heterocycles. The van der Waals surface area contributed by atoms with Crippen LogP contribution in [0.3, 0.4) is 0 Å². The smallest absolute Gasteiger partial charge is 0.185 e. The summed E-state index contributed by atoms with van der Waals surface area (Å²) in [5.74, 6) is 0.803. The third-order valence-corrected chi connectivity index (χ3v) is 4.05. The number of ketones is 1. The van der Waals surface area contributed by atoms with Gasteiger partial charge in [0.25, 0.3) is 0 Å². The van der Waals surface area contributed by atoms with Gasteiger partial charge in [0, 0.05) is 24.3 Å². The number of hydrogen-bond donors (Lipinski definition) is 0. The van der Waals surface area contributed by atoms with Gasteiger partial charge in [-0.3, -0.25) is 4.79 Å². The van der Waals surface area contributed by atoms with Crippen LogP contribution in [-0.4, -0.2) is 39.2 Å². The number of carbonyl (C=O) groups excluding carboxylic acids is 1. The highest BCUT2D eigenvalue weighted by Gasteiger charge is 2.12. The minimum Gasteiger partial charge on any atom is -0.497 e. The maximum atomic E-state index is 12.4. The van der Waals surface area contributed by atoms with Crippen molar-refractivity contribution in [2.45, 2.75) is 0 Å². The van der Waals surface area contributed by atoms with Crippen LogP contribution in [0, 0.1) is 0 Å². The second-order valence-electron chi connectivity index (χ2n) is 5.62. The van der Waals surface area contributed by atoms with Crippen molar-refractivity contribution >= 4 is 17.5 Å². The lowest BCUT2D eigenvalue weighted by molar-refractivity contribution is 0.104. The van der Waals surface area contributed by atoms with Crippen LogP contribution in [0.1, 0.15) is 15.9 Å². The van der Waals surface area contributed by atoms with Crippen LogP contribution in [0.15, 0.2) is 54.6 Å². The van der Waals surface area contributed by atoms with E-state index in [4.69, 9.17) is 9.47 Å². The van der Waals surface area contributed by atoms with E-state index in [9.17, 15) is 4.79 Å². The van der Waals surface area contributed by atoms with Gasteiger partial charge in [0.15, 0.2) is 5.78 Å². The average molecular weight is 323 g/mol. The van der Waals surface area contributed by atoms with Crippen LogP contribution in [0.4, 0.5) is 5.69 Å². The minimum atomic E-state index is 0.000859. The van der Waals surface area contributed by atoms with Gasteiger partial charge in [0.2, 0.25) is 0 Å². The Balaban J connectivity index is 1.70. The zero-order valence-electron chi connectivity index (χ0n) is 13.8. The van der Waals surface area contributed by atoms with E-state index in [0.29, 0.717) is 5.56 Å². The SMILES string of the molecule is COc1ccc(C=CC(=O)c2cccc(N3CCOCC3)c2)cc1. The first kappa shape index (κ1) is 16.3. The van der Waals surface area contributed by atoms with Crippen molar-refractivity contribution in [3.8, 4) is 5.75 Å². The standard InChI is InChI=1S/C20H21NO3/c1-23-19-8-5-16(6-9-19)7-10-20(22)17-3-2-4-18(15-17)21-11-13-24-14-12-21/h2-10,15H,11-14H2,1H3. The van der Waals surface area contributed by atoms with E-state index in [0.717, 1.165) is 43.3 Å². The van der Waals surface area contributed by atoms with Gasteiger partial charge in [-0.2, -0.15) is 0 Å². The lowest BCUT2D eigenvalue weighted by atomic mass is 10.1. The summed E-state index contributed by atoms with van der Waals surface area (Å²) < 4.78 is 10.5. The fourth-order valence-electron chi connectivity index (χ4n) is 2.66. The monoisotopic (exact) mass is 323 g/mol. The zero-order valence-corrected chi connectivity index (χ0v) is 13.8. The van der Waals surface area contributed by atoms with Gasteiger partial charge in [0.1, 0.15) is 5.75 Å². The summed E-state index contributed by atoms with van der Waals surface area (Å²) in [6.45, 7) is 3.18. The third kappa shape index (κ3) is 4.03. The number of allylic oxidation sites excluding steroid dienone is 1. The fourth-order valence-corrected chi connectivity index (χ4v) is 2.66. The number of nitrogens with zero attached hydrogens (tertiary/aromatic N) is 1. The first-order valence-electron chi connectivity index (χ1n) is 8.05. The first-order valence-corrected chi connectivity index (χ1v) is 8.05. The number of benzene rings is 2. The lowest BCUT2D eigenvalue weighted by Gasteiger charge is -2.29. The van der Waals surface area contributed by atoms with E-state index in [1.807, 2.05) is 54.6 Å². The van der Waals surface area contributed by atoms with Crippen molar-refractivity contribution < 1.29 is 14.3 Å². The average Bonchev–Trinajstić information content (AvgIpc) is 2.67. The van der Waals surface area contributed by atoms with Crippen molar-refractivity contribution in [1.29, 1.82) is 0 Å². The maximum Gasteiger partial charge on any atom is 0.185 e. The lowest BCUT2D eigenvalue weighted by Crippen LogP contribution is -2.36. The molecule has 24 heavy (non-hydrogen) atoms. The molecule has 1 fully saturated rings. The highest BCUT2D eigenvalue weighted by Crippen LogP contribution is 2.19. The van der Waals surface area contributed by atoms with Gasteiger partial charge in [-0.05, 0) is 35.9 Å². The Labute approximate surface area is 142 Å². The van der Waals surface area contributed by atoms with E-state index < -0.39 is 0 Å². The Morgan fingerprint density at radius 3 is 2.58 bits per heavy atom. The Kier molecular flexibility index (Phi) is 5.29. The van der Waals surface area contributed by atoms with Gasteiger partial charge in [-0.25, -0.2) is 0 Å². The van der Waals surface area contributed by atoms with Gasteiger partial charge >= 0.3 is 0 Å². The molecule has 0 aromatic heterocycles. The van der Waals surface area contributed by atoms with Crippen LogP contribution < -0.4 is 9.64 Å². The molecular formula is C20H21NO3. The summed E-state index contributed by atoms with van der Waals surface area (Å²) >= 11 is 0. The quantitative estimate of drug-likeness (QED) is 0.624. The molecule has 4 heteroatoms. The summed E-state index contributed by atoms with van der Waals surface area (Å²) in [7, 11) is 1.63. The van der Waals surface area contributed by atoms with Crippen LogP contribution in [-0.2, 0) is 4.74 Å². The molecule has 1 saturated heterocycles. The number of hydrogen-bond acceptors (Lipinski definition) is 4. The van der Waals surface area contributed by atoms with E-state index in [2.05, 4.69) is 4.90 Å². The van der Waals surface area contributed by atoms with Crippen molar-refractivity contribution in [2.75, 3.05) is 38.3 Å². The molecule has 1 aliphatic rings. The maximum absolute atomic E-state index is 12.4. The molecule has 2 aromatic carbocycles. The molecule has 2 aromatic rings. The molecule has 0 saturated carbocycles.